The van der Waals surface area contributed by atoms with Crippen molar-refractivity contribution in [2.45, 2.75) is 38.8 Å². The second kappa shape index (κ2) is 5.25. The summed E-state index contributed by atoms with van der Waals surface area (Å²) in [4.78, 5) is 4.40. The zero-order valence-electron chi connectivity index (χ0n) is 11.7. The lowest BCUT2D eigenvalue weighted by molar-refractivity contribution is 0.220. The number of aromatic nitrogens is 2. The molecule has 0 saturated carbocycles. The van der Waals surface area contributed by atoms with Crippen molar-refractivity contribution < 1.29 is 9.26 Å². The summed E-state index contributed by atoms with van der Waals surface area (Å²) in [6, 6.07) is 7.77. The molecule has 2 atom stereocenters. The Morgan fingerprint density at radius 2 is 2.15 bits per heavy atom. The van der Waals surface area contributed by atoms with Crippen LogP contribution in [0.3, 0.4) is 0 Å². The predicted octanol–water partition coefficient (Wildman–Crippen LogP) is 2.79. The van der Waals surface area contributed by atoms with E-state index in [2.05, 4.69) is 30.1 Å². The van der Waals surface area contributed by atoms with Gasteiger partial charge in [-0.3, -0.25) is 0 Å². The summed E-state index contributed by atoms with van der Waals surface area (Å²) in [5.74, 6) is 2.46. The third-order valence-corrected chi connectivity index (χ3v) is 3.44. The van der Waals surface area contributed by atoms with Crippen molar-refractivity contribution in [1.29, 1.82) is 0 Å². The van der Waals surface area contributed by atoms with E-state index >= 15 is 0 Å². The third kappa shape index (κ3) is 2.54. The number of fused-ring (bicyclic) bond motifs is 1. The average Bonchev–Trinajstić information content (AvgIpc) is 3.04. The van der Waals surface area contributed by atoms with E-state index < -0.39 is 0 Å². The number of hydrogen-bond donors (Lipinski definition) is 1. The largest absolute Gasteiger partial charge is 0.482 e. The number of nitrogens with zero attached hydrogens (tertiary/aromatic N) is 2. The van der Waals surface area contributed by atoms with Crippen LogP contribution in [0.5, 0.6) is 5.75 Å². The fourth-order valence-electron chi connectivity index (χ4n) is 2.46. The molecule has 2 heterocycles. The highest BCUT2D eigenvalue weighted by atomic mass is 16.5. The zero-order valence-corrected chi connectivity index (χ0v) is 11.7. The number of ether oxygens (including phenoxy) is 1. The Labute approximate surface area is 118 Å². The van der Waals surface area contributed by atoms with Gasteiger partial charge in [0, 0.05) is 6.42 Å². The van der Waals surface area contributed by atoms with E-state index in [1.54, 1.807) is 0 Å². The lowest BCUT2D eigenvalue weighted by Gasteiger charge is -2.08. The predicted molar refractivity (Wildman–Crippen MR) is 74.2 cm³/mol. The average molecular weight is 273 g/mol. The standard InChI is InChI=1S/C15H19N3O2/c1-9(2)7-11(16)15-17-14(18-20-15)13-8-10-5-3-4-6-12(10)19-13/h3-6,9,11,13H,7-8,16H2,1-2H3. The first-order valence-corrected chi connectivity index (χ1v) is 6.97. The van der Waals surface area contributed by atoms with Crippen LogP contribution in [-0.4, -0.2) is 10.1 Å². The van der Waals surface area contributed by atoms with E-state index in [9.17, 15) is 0 Å². The van der Waals surface area contributed by atoms with Gasteiger partial charge in [-0.05, 0) is 24.0 Å². The van der Waals surface area contributed by atoms with Crippen LogP contribution in [0.25, 0.3) is 0 Å². The molecule has 1 aliphatic rings. The number of benzene rings is 1. The summed E-state index contributed by atoms with van der Waals surface area (Å²) < 4.78 is 11.1. The fraction of sp³-hybridized carbons (Fsp3) is 0.467. The van der Waals surface area contributed by atoms with Crippen molar-refractivity contribution in [1.82, 2.24) is 10.1 Å². The molecule has 0 amide bonds. The van der Waals surface area contributed by atoms with Gasteiger partial charge in [-0.25, -0.2) is 0 Å². The molecule has 0 saturated heterocycles. The van der Waals surface area contributed by atoms with E-state index in [0.717, 1.165) is 18.6 Å². The van der Waals surface area contributed by atoms with Crippen molar-refractivity contribution in [2.24, 2.45) is 11.7 Å². The molecule has 0 fully saturated rings. The molecule has 0 radical (unpaired) electrons. The molecular weight excluding hydrogens is 254 g/mol. The van der Waals surface area contributed by atoms with Gasteiger partial charge >= 0.3 is 0 Å². The zero-order chi connectivity index (χ0) is 14.1. The lowest BCUT2D eigenvalue weighted by atomic mass is 10.0. The normalized spacial score (nSPS) is 18.9. The maximum atomic E-state index is 6.06. The highest BCUT2D eigenvalue weighted by Gasteiger charge is 2.29. The first kappa shape index (κ1) is 13.1. The van der Waals surface area contributed by atoms with Gasteiger partial charge in [0.05, 0.1) is 6.04 Å². The molecule has 0 bridgehead atoms. The molecule has 0 aliphatic carbocycles. The molecule has 106 valence electrons. The minimum absolute atomic E-state index is 0.170. The number of nitrogens with two attached hydrogens (primary N) is 1. The minimum atomic E-state index is -0.208. The molecule has 2 aromatic rings. The molecular formula is C15H19N3O2. The molecule has 1 aliphatic heterocycles. The highest BCUT2D eigenvalue weighted by molar-refractivity contribution is 5.37. The Bertz CT molecular complexity index is 569. The van der Waals surface area contributed by atoms with E-state index in [1.807, 2.05) is 18.2 Å². The summed E-state index contributed by atoms with van der Waals surface area (Å²) in [5.41, 5.74) is 7.23. The van der Waals surface area contributed by atoms with Gasteiger partial charge in [-0.2, -0.15) is 4.98 Å². The van der Waals surface area contributed by atoms with Crippen LogP contribution in [-0.2, 0) is 6.42 Å². The summed E-state index contributed by atoms with van der Waals surface area (Å²) in [6.07, 6.45) is 1.43. The summed E-state index contributed by atoms with van der Waals surface area (Å²) in [5, 5.41) is 4.02. The highest BCUT2D eigenvalue weighted by Crippen LogP contribution is 2.35. The molecule has 0 spiro atoms. The Kier molecular flexibility index (Phi) is 3.44. The van der Waals surface area contributed by atoms with Crippen LogP contribution in [0, 0.1) is 5.92 Å². The van der Waals surface area contributed by atoms with Gasteiger partial charge in [0.15, 0.2) is 6.10 Å². The molecule has 1 aromatic carbocycles. The molecule has 3 rings (SSSR count). The minimum Gasteiger partial charge on any atom is -0.482 e. The fourth-order valence-corrected chi connectivity index (χ4v) is 2.46. The van der Waals surface area contributed by atoms with Crippen LogP contribution in [0.1, 0.15) is 49.7 Å². The van der Waals surface area contributed by atoms with E-state index in [0.29, 0.717) is 17.6 Å². The van der Waals surface area contributed by atoms with Crippen LogP contribution in [0.4, 0.5) is 0 Å². The molecule has 20 heavy (non-hydrogen) atoms. The number of hydrogen-bond acceptors (Lipinski definition) is 5. The first-order valence-electron chi connectivity index (χ1n) is 6.97. The number of rotatable bonds is 4. The second-order valence-corrected chi connectivity index (χ2v) is 5.65. The Hall–Kier alpha value is -1.88. The van der Waals surface area contributed by atoms with Crippen LogP contribution in [0.2, 0.25) is 0 Å². The van der Waals surface area contributed by atoms with Gasteiger partial charge < -0.3 is 15.0 Å². The van der Waals surface area contributed by atoms with Crippen molar-refractivity contribution in [3.8, 4) is 5.75 Å². The maximum absolute atomic E-state index is 6.06. The summed E-state index contributed by atoms with van der Waals surface area (Å²) >= 11 is 0. The Morgan fingerprint density at radius 3 is 2.90 bits per heavy atom. The summed E-state index contributed by atoms with van der Waals surface area (Å²) in [7, 11) is 0. The molecule has 5 heteroatoms. The van der Waals surface area contributed by atoms with Gasteiger partial charge in [-0.1, -0.05) is 37.2 Å². The van der Waals surface area contributed by atoms with Crippen LogP contribution in [0.15, 0.2) is 28.8 Å². The van der Waals surface area contributed by atoms with Gasteiger partial charge in [-0.15, -0.1) is 0 Å². The Morgan fingerprint density at radius 1 is 1.35 bits per heavy atom. The maximum Gasteiger partial charge on any atom is 0.243 e. The smallest absolute Gasteiger partial charge is 0.243 e. The van der Waals surface area contributed by atoms with Gasteiger partial charge in [0.25, 0.3) is 0 Å². The van der Waals surface area contributed by atoms with E-state index in [1.165, 1.54) is 5.56 Å². The SMILES string of the molecule is CC(C)CC(N)c1nc(C2Cc3ccccc3O2)no1. The third-order valence-electron chi connectivity index (χ3n) is 3.44. The van der Waals surface area contributed by atoms with Crippen LogP contribution >= 0.6 is 0 Å². The van der Waals surface area contributed by atoms with Crippen LogP contribution < -0.4 is 10.5 Å². The van der Waals surface area contributed by atoms with Gasteiger partial charge in [0.2, 0.25) is 11.7 Å². The number of para-hydroxylation sites is 1. The lowest BCUT2D eigenvalue weighted by Crippen LogP contribution is -2.14. The summed E-state index contributed by atoms with van der Waals surface area (Å²) in [6.45, 7) is 4.24. The molecule has 2 N–H and O–H groups in total. The van der Waals surface area contributed by atoms with E-state index in [-0.39, 0.29) is 12.1 Å². The molecule has 5 nitrogen and oxygen atoms in total. The van der Waals surface area contributed by atoms with Crippen molar-refractivity contribution in [3.63, 3.8) is 0 Å². The van der Waals surface area contributed by atoms with Crippen molar-refractivity contribution >= 4 is 0 Å². The van der Waals surface area contributed by atoms with Gasteiger partial charge in [0.1, 0.15) is 5.75 Å². The molecule has 1 aromatic heterocycles. The molecule has 2 unspecified atom stereocenters. The topological polar surface area (TPSA) is 74.2 Å². The van der Waals surface area contributed by atoms with E-state index in [4.69, 9.17) is 15.0 Å². The quantitative estimate of drug-likeness (QED) is 0.927. The Balaban J connectivity index is 1.73. The second-order valence-electron chi connectivity index (χ2n) is 5.65. The van der Waals surface area contributed by atoms with Crippen molar-refractivity contribution in [2.75, 3.05) is 0 Å². The van der Waals surface area contributed by atoms with Crippen molar-refractivity contribution in [3.05, 3.63) is 41.5 Å². The monoisotopic (exact) mass is 273 g/mol. The first-order chi connectivity index (χ1) is 9.63.